The van der Waals surface area contributed by atoms with Crippen molar-refractivity contribution in [2.45, 2.75) is 328 Å². The molecule has 528 valence electrons. The summed E-state index contributed by atoms with van der Waals surface area (Å²) in [6, 6.07) is 46.7. The Morgan fingerprint density at radius 1 is 0.452 bits per heavy atom. The van der Waals surface area contributed by atoms with Crippen molar-refractivity contribution in [3.8, 4) is 0 Å². The summed E-state index contributed by atoms with van der Waals surface area (Å²) in [6.45, 7) is 73.6. The van der Waals surface area contributed by atoms with E-state index in [-0.39, 0.29) is 0 Å². The van der Waals surface area contributed by atoms with Crippen molar-refractivity contribution in [2.75, 3.05) is 0 Å². The molecule has 5 aliphatic rings. The monoisotopic (exact) mass is 1290 g/mol. The lowest BCUT2D eigenvalue weighted by Gasteiger charge is -2.55. The Bertz CT molecular complexity index is 2640. The molecule has 4 bridgehead atoms. The highest BCUT2D eigenvalue weighted by Gasteiger charge is 2.48. The molecule has 0 heterocycles. The third-order valence-electron chi connectivity index (χ3n) is 17.3. The average molecular weight is 1290 g/mol. The van der Waals surface area contributed by atoms with Crippen LogP contribution in [0, 0.1) is 100 Å². The van der Waals surface area contributed by atoms with Crippen LogP contribution in [0.5, 0.6) is 0 Å². The smallest absolute Gasteiger partial charge is 0.0411 e. The second-order valence-corrected chi connectivity index (χ2v) is 41.3. The van der Waals surface area contributed by atoms with E-state index in [9.17, 15) is 0 Å². The molecule has 0 N–H and O–H groups in total. The average Bonchev–Trinajstić information content (AvgIpc) is 0.767. The summed E-state index contributed by atoms with van der Waals surface area (Å²) in [5.41, 5.74) is 16.0. The third kappa shape index (κ3) is 49.0. The topological polar surface area (TPSA) is 0 Å². The Kier molecular flexibility index (Phi) is 46.6. The van der Waals surface area contributed by atoms with Crippen molar-refractivity contribution < 1.29 is 0 Å². The summed E-state index contributed by atoms with van der Waals surface area (Å²) in [4.78, 5) is 0. The van der Waals surface area contributed by atoms with Gasteiger partial charge in [-0.2, -0.15) is 0 Å². The second kappa shape index (κ2) is 47.7. The molecule has 0 aromatic heterocycles. The van der Waals surface area contributed by atoms with E-state index in [1.165, 1.54) is 111 Å². The molecule has 0 spiro atoms. The van der Waals surface area contributed by atoms with Crippen molar-refractivity contribution in [1.82, 2.24) is 0 Å². The zero-order chi connectivity index (χ0) is 71.9. The van der Waals surface area contributed by atoms with Crippen LogP contribution in [-0.2, 0) is 0 Å². The molecule has 11 rings (SSSR count). The maximum absolute atomic E-state index is 2.54. The van der Waals surface area contributed by atoms with Gasteiger partial charge in [0.1, 0.15) is 0 Å². The molecule has 0 unspecified atom stereocenters. The molecule has 0 saturated heterocycles. The van der Waals surface area contributed by atoms with Crippen LogP contribution in [0.3, 0.4) is 0 Å². The van der Waals surface area contributed by atoms with Crippen LogP contribution in [0.4, 0.5) is 0 Å². The van der Waals surface area contributed by atoms with Crippen LogP contribution in [0.1, 0.15) is 309 Å². The van der Waals surface area contributed by atoms with Gasteiger partial charge in [-0.15, -0.1) is 0 Å². The summed E-state index contributed by atoms with van der Waals surface area (Å²) < 4.78 is 0. The molecule has 0 nitrogen and oxygen atoms in total. The van der Waals surface area contributed by atoms with E-state index in [0.29, 0.717) is 28.6 Å². The van der Waals surface area contributed by atoms with E-state index < -0.39 is 8.07 Å². The Hall–Kier alpha value is -4.20. The Balaban J connectivity index is 0. The Morgan fingerprint density at radius 2 is 0.796 bits per heavy atom. The molecular weight excluding hydrogens is 1130 g/mol. The highest BCUT2D eigenvalue weighted by Crippen LogP contribution is 2.59. The fraction of sp³-hybridized carbons (Fsp3) is 0.630. The zero-order valence-electron chi connectivity index (χ0n) is 68.1. The van der Waals surface area contributed by atoms with E-state index in [1.54, 1.807) is 38.5 Å². The summed E-state index contributed by atoms with van der Waals surface area (Å²) in [6.07, 6.45) is 19.5. The van der Waals surface area contributed by atoms with Gasteiger partial charge in [0, 0.05) is 8.07 Å². The van der Waals surface area contributed by atoms with Crippen LogP contribution < -0.4 is 0 Å². The van der Waals surface area contributed by atoms with Crippen LogP contribution in [0.2, 0.25) is 26.2 Å². The molecule has 1 heteroatoms. The lowest BCUT2D eigenvalue weighted by molar-refractivity contribution is -0.0411. The number of hydrogen-bond acceptors (Lipinski definition) is 0. The van der Waals surface area contributed by atoms with Gasteiger partial charge in [0.05, 0.1) is 0 Å². The van der Waals surface area contributed by atoms with Crippen molar-refractivity contribution in [3.63, 3.8) is 0 Å². The predicted octanol–water partition coefficient (Wildman–Crippen LogP) is 31.1. The van der Waals surface area contributed by atoms with E-state index in [0.717, 1.165) is 40.9 Å². The van der Waals surface area contributed by atoms with Gasteiger partial charge in [0.2, 0.25) is 0 Å². The fourth-order valence-electron chi connectivity index (χ4n) is 11.8. The van der Waals surface area contributed by atoms with Gasteiger partial charge >= 0.3 is 0 Å². The van der Waals surface area contributed by atoms with Gasteiger partial charge in [-0.25, -0.2) is 0 Å². The van der Waals surface area contributed by atoms with E-state index in [2.05, 4.69) is 336 Å². The minimum atomic E-state index is -0.611. The normalized spacial score (nSPS) is 17.5. The maximum Gasteiger partial charge on any atom is 0.0411 e. The third-order valence-corrected chi connectivity index (χ3v) is 17.3. The highest BCUT2D eigenvalue weighted by atomic mass is 28.3. The molecule has 93 heavy (non-hydrogen) atoms. The van der Waals surface area contributed by atoms with Gasteiger partial charge in [-0.3, -0.25) is 0 Å². The van der Waals surface area contributed by atoms with E-state index in [4.69, 9.17) is 0 Å². The summed E-state index contributed by atoms with van der Waals surface area (Å²) in [5.74, 6) is 8.12. The fourth-order valence-corrected chi connectivity index (χ4v) is 11.8. The van der Waals surface area contributed by atoms with Gasteiger partial charge in [-0.05, 0) is 212 Å². The molecule has 0 aliphatic heterocycles. The number of aryl methyl sites for hydroxylation is 5. The van der Waals surface area contributed by atoms with Crippen molar-refractivity contribution >= 4 is 18.8 Å². The minimum absolute atomic E-state index is 0.500. The molecule has 6 aromatic rings. The van der Waals surface area contributed by atoms with E-state index >= 15 is 0 Å². The summed E-state index contributed by atoms with van der Waals surface area (Å²) in [5, 5.41) is 2.68. The van der Waals surface area contributed by atoms with Crippen LogP contribution in [-0.4, -0.2) is 8.07 Å². The molecular formula is C92H156Si. The van der Waals surface area contributed by atoms with Crippen LogP contribution in [0.25, 0.3) is 10.8 Å². The van der Waals surface area contributed by atoms with Gasteiger partial charge in [-0.1, -0.05) is 368 Å². The Labute approximate surface area is 584 Å². The Morgan fingerprint density at radius 3 is 1.08 bits per heavy atom. The molecule has 6 aromatic carbocycles. The van der Waals surface area contributed by atoms with E-state index in [1.807, 2.05) is 24.3 Å². The molecule has 0 atom stereocenters. The van der Waals surface area contributed by atoms with Crippen LogP contribution in [0.15, 0.2) is 133 Å². The number of fused-ring (bicyclic) bond motifs is 1. The first-order chi connectivity index (χ1) is 42.9. The number of hydrogen-bond donors (Lipinski definition) is 0. The molecule has 0 radical (unpaired) electrons. The maximum atomic E-state index is 2.54. The second-order valence-electron chi connectivity index (χ2n) is 35.3. The van der Waals surface area contributed by atoms with Crippen molar-refractivity contribution in [2.24, 2.45) is 51.8 Å². The molecule has 0 amide bonds. The van der Waals surface area contributed by atoms with Crippen LogP contribution >= 0.6 is 0 Å². The lowest BCUT2D eigenvalue weighted by Crippen LogP contribution is -2.44. The van der Waals surface area contributed by atoms with Gasteiger partial charge in [0.25, 0.3) is 0 Å². The zero-order valence-corrected chi connectivity index (χ0v) is 69.1. The molecule has 5 saturated carbocycles. The first-order valence-electron chi connectivity index (χ1n) is 37.6. The molecule has 5 fully saturated rings. The largest absolute Gasteiger partial charge is 0.0697 e. The highest BCUT2D eigenvalue weighted by molar-refractivity contribution is 6.74. The van der Waals surface area contributed by atoms with Gasteiger partial charge in [0.15, 0.2) is 0 Å². The lowest BCUT2D eigenvalue weighted by atomic mass is 9.50. The predicted molar refractivity (Wildman–Crippen MR) is 433 cm³/mol. The van der Waals surface area contributed by atoms with Crippen molar-refractivity contribution in [3.05, 3.63) is 189 Å². The summed E-state index contributed by atoms with van der Waals surface area (Å²) >= 11 is 0. The first-order valence-corrected chi connectivity index (χ1v) is 41.6. The van der Waals surface area contributed by atoms with Gasteiger partial charge < -0.3 is 0 Å². The number of rotatable bonds is 4. The molecule has 5 aliphatic carbocycles. The first kappa shape index (κ1) is 90.9. The number of benzene rings is 6. The standard InChI is InChI=1S/C13H20.C11H18.C11H10.C10H14.C9H12.C7H14.C7H8.C6H14.2C5H12.C4H12Si.C4H10/c1-9(2)12-7-6-8-13(10(3)4)11(12)5;1-11-5-8-2-9(6-11)4-10(3-8)7-11;1-9-5-4-7-10-6-2-3-8-11(9)10;1-7-5-8(2)10(4)9(3)6-7;1-8(2)9-6-4-3-5-7-9;2*1-7-5-3-2-4-6-7;1-5-6(2,3)4;1-5(2,3)4;1-4-5(2)3;1-5(2,3)4;1-4(2)3/h6-10H,1-5H3;8-10H,2-7H2,1H3;2-8H,1H3;5-6H,1-4H3;3-8H,1-2H3;7H,2-6H2,1H3;2-6H,1H3;5H2,1-4H3;1-4H3;5H,4H2,1-3H3;1-4H3;4H,1-3H3. The quantitative estimate of drug-likeness (QED) is 0.154. The SMILES string of the molecule is CC(C)(C)C.CC(C)C.CC(C)c1ccccc1.CC12CC3CC(CC(C3)C1)C2.CC1CCCCC1.CCC(C)(C)C.CCC(C)C.C[Si](C)(C)C.Cc1c(C(C)C)cccc1C(C)C.Cc1cc(C)c(C)c(C)c1.Cc1cccc2ccccc12.Cc1ccccc1. The van der Waals surface area contributed by atoms with Crippen molar-refractivity contribution in [1.29, 1.82) is 0 Å². The minimum Gasteiger partial charge on any atom is -0.0697 e. The summed E-state index contributed by atoms with van der Waals surface area (Å²) in [7, 11) is -0.611.